The summed E-state index contributed by atoms with van der Waals surface area (Å²) in [6.45, 7) is 10.5. The second kappa shape index (κ2) is 10.9. The number of benzene rings is 1. The molecule has 5 rings (SSSR count). The quantitative estimate of drug-likeness (QED) is 0.285. The molecule has 9 nitrogen and oxygen atoms in total. The van der Waals surface area contributed by atoms with E-state index >= 15 is 0 Å². The topological polar surface area (TPSA) is 112 Å². The number of amides is 1. The minimum Gasteiger partial charge on any atom is -0.497 e. The second-order valence-electron chi connectivity index (χ2n) is 10.3. The van der Waals surface area contributed by atoms with Crippen molar-refractivity contribution < 1.29 is 23.8 Å². The van der Waals surface area contributed by atoms with Crippen molar-refractivity contribution in [1.29, 1.82) is 0 Å². The maximum absolute atomic E-state index is 13.1. The zero-order chi connectivity index (χ0) is 27.7. The van der Waals surface area contributed by atoms with E-state index in [2.05, 4.69) is 36.4 Å². The Bertz CT molecular complexity index is 1410. The number of pyridine rings is 1. The van der Waals surface area contributed by atoms with Gasteiger partial charge in [0.1, 0.15) is 33.8 Å². The number of fused-ring (bicyclic) bond motifs is 1. The van der Waals surface area contributed by atoms with Crippen LogP contribution < -0.4 is 20.1 Å². The Balaban J connectivity index is 1.35. The molecule has 1 aromatic carbocycles. The van der Waals surface area contributed by atoms with Crippen molar-refractivity contribution >= 4 is 34.1 Å². The van der Waals surface area contributed by atoms with Gasteiger partial charge in [-0.05, 0) is 31.4 Å². The third-order valence-electron chi connectivity index (χ3n) is 7.30. The molecule has 2 N–H and O–H groups in total. The molecule has 4 atom stereocenters. The lowest BCUT2D eigenvalue weighted by molar-refractivity contribution is -0.149. The van der Waals surface area contributed by atoms with Crippen LogP contribution in [0.1, 0.15) is 45.2 Å². The van der Waals surface area contributed by atoms with Gasteiger partial charge in [0.2, 0.25) is 5.91 Å². The summed E-state index contributed by atoms with van der Waals surface area (Å²) in [6.07, 6.45) is 2.39. The number of nitrogens with one attached hydrogen (secondary N) is 2. The van der Waals surface area contributed by atoms with E-state index in [0.717, 1.165) is 27.3 Å². The number of aromatic nitrogens is 2. The van der Waals surface area contributed by atoms with Gasteiger partial charge >= 0.3 is 5.97 Å². The number of nitrogens with zero attached hydrogens (tertiary/aromatic N) is 2. The minimum atomic E-state index is -1.02. The first-order valence-corrected chi connectivity index (χ1v) is 14.1. The Labute approximate surface area is 232 Å². The number of methoxy groups -OCH3 is 1. The fourth-order valence-corrected chi connectivity index (χ4v) is 5.86. The van der Waals surface area contributed by atoms with Crippen molar-refractivity contribution in [2.75, 3.05) is 20.3 Å². The molecule has 0 radical (unpaired) electrons. The van der Waals surface area contributed by atoms with Crippen LogP contribution in [0, 0.1) is 5.92 Å². The molecule has 206 valence electrons. The lowest BCUT2D eigenvalue weighted by atomic mass is 10.1. The summed E-state index contributed by atoms with van der Waals surface area (Å²) >= 11 is 1.55. The molecule has 1 aliphatic heterocycles. The van der Waals surface area contributed by atoms with E-state index in [1.807, 2.05) is 24.3 Å². The number of hydrogen-bond acceptors (Lipinski definition) is 9. The summed E-state index contributed by atoms with van der Waals surface area (Å²) in [5.41, 5.74) is 1.47. The van der Waals surface area contributed by atoms with Crippen molar-refractivity contribution in [1.82, 2.24) is 20.6 Å². The summed E-state index contributed by atoms with van der Waals surface area (Å²) in [6, 6.07) is 7.11. The maximum Gasteiger partial charge on any atom is 0.332 e. The minimum absolute atomic E-state index is 0.130. The van der Waals surface area contributed by atoms with Crippen LogP contribution in [0.2, 0.25) is 0 Å². The highest BCUT2D eigenvalue weighted by Crippen LogP contribution is 2.45. The molecule has 10 heteroatoms. The van der Waals surface area contributed by atoms with E-state index in [1.165, 1.54) is 0 Å². The Kier molecular flexibility index (Phi) is 7.59. The number of esters is 1. The zero-order valence-electron chi connectivity index (χ0n) is 22.7. The molecule has 2 aromatic heterocycles. The van der Waals surface area contributed by atoms with Gasteiger partial charge < -0.3 is 24.8 Å². The number of carbonyl (C=O) groups excluding carboxylic acids is 2. The zero-order valence-corrected chi connectivity index (χ0v) is 23.5. The third kappa shape index (κ3) is 5.35. The fraction of sp³-hybridized carbons (Fsp3) is 0.448. The molecule has 1 unspecified atom stereocenters. The Morgan fingerprint density at radius 3 is 2.79 bits per heavy atom. The molecule has 1 saturated heterocycles. The highest BCUT2D eigenvalue weighted by atomic mass is 32.1. The van der Waals surface area contributed by atoms with Gasteiger partial charge in [0.25, 0.3) is 0 Å². The van der Waals surface area contributed by atoms with Crippen LogP contribution in [0.25, 0.3) is 21.6 Å². The van der Waals surface area contributed by atoms with Crippen LogP contribution >= 0.6 is 11.3 Å². The van der Waals surface area contributed by atoms with Crippen molar-refractivity contribution in [3.8, 4) is 22.2 Å². The van der Waals surface area contributed by atoms with Crippen LogP contribution in [0.5, 0.6) is 11.5 Å². The van der Waals surface area contributed by atoms with Gasteiger partial charge in [-0.15, -0.1) is 17.9 Å². The first-order valence-electron chi connectivity index (χ1n) is 13.2. The van der Waals surface area contributed by atoms with Gasteiger partial charge in [-0.1, -0.05) is 19.9 Å². The molecule has 2 fully saturated rings. The lowest BCUT2D eigenvalue weighted by Gasteiger charge is -2.20. The van der Waals surface area contributed by atoms with Crippen molar-refractivity contribution in [3.05, 3.63) is 48.0 Å². The predicted octanol–water partition coefficient (Wildman–Crippen LogP) is 4.22. The van der Waals surface area contributed by atoms with E-state index in [9.17, 15) is 9.59 Å². The smallest absolute Gasteiger partial charge is 0.332 e. The molecular weight excluding hydrogens is 516 g/mol. The molecule has 1 aliphatic carbocycles. The molecule has 1 saturated carbocycles. The first-order chi connectivity index (χ1) is 18.8. The third-order valence-corrected chi connectivity index (χ3v) is 8.18. The van der Waals surface area contributed by atoms with Gasteiger partial charge in [-0.3, -0.25) is 4.79 Å². The molecule has 2 aliphatic rings. The summed E-state index contributed by atoms with van der Waals surface area (Å²) in [4.78, 5) is 35.3. The summed E-state index contributed by atoms with van der Waals surface area (Å²) in [7, 11) is 1.62. The molecule has 0 bridgehead atoms. The highest BCUT2D eigenvalue weighted by Gasteiger charge is 2.61. The Morgan fingerprint density at radius 2 is 2.13 bits per heavy atom. The van der Waals surface area contributed by atoms with Crippen LogP contribution in [-0.4, -0.2) is 59.8 Å². The molecule has 3 heterocycles. The fourth-order valence-electron chi connectivity index (χ4n) is 4.92. The second-order valence-corrected chi connectivity index (χ2v) is 11.1. The molecule has 0 spiro atoms. The summed E-state index contributed by atoms with van der Waals surface area (Å²) in [5, 5.41) is 9.90. The standard InChI is InChI=1S/C29H34N4O5S/c1-6-17-13-29(17,28(35)37-7-2)33-26(34)22-11-19(14-30-22)38-25-12-23(27-32-24(15-39-27)16(3)4)31-21-10-18(36-5)8-9-20(21)25/h6,8-10,12,15-17,19,22,30H,1,7,11,13-14H2,2-5H3,(H,33,34)/t17?,19-,22+,29-/m1/s1. The normalized spacial score (nSPS) is 24.0. The van der Waals surface area contributed by atoms with Crippen molar-refractivity contribution in [3.63, 3.8) is 0 Å². The van der Waals surface area contributed by atoms with Crippen LogP contribution in [-0.2, 0) is 14.3 Å². The Morgan fingerprint density at radius 1 is 1.31 bits per heavy atom. The number of carbonyl (C=O) groups is 2. The van der Waals surface area contributed by atoms with E-state index in [-0.39, 0.29) is 24.5 Å². The van der Waals surface area contributed by atoms with Gasteiger partial charge in [0.05, 0.1) is 31.0 Å². The number of hydrogen-bond donors (Lipinski definition) is 2. The van der Waals surface area contributed by atoms with Gasteiger partial charge in [-0.2, -0.15) is 0 Å². The predicted molar refractivity (Wildman–Crippen MR) is 150 cm³/mol. The van der Waals surface area contributed by atoms with E-state index in [0.29, 0.717) is 36.8 Å². The van der Waals surface area contributed by atoms with Crippen LogP contribution in [0.15, 0.2) is 42.3 Å². The van der Waals surface area contributed by atoms with Crippen molar-refractivity contribution in [2.24, 2.45) is 5.92 Å². The van der Waals surface area contributed by atoms with Crippen LogP contribution in [0.4, 0.5) is 0 Å². The molecular formula is C29H34N4O5S. The average Bonchev–Trinajstić information content (AvgIpc) is 3.25. The van der Waals surface area contributed by atoms with Crippen LogP contribution in [0.3, 0.4) is 0 Å². The lowest BCUT2D eigenvalue weighted by Crippen LogP contribution is -2.51. The molecule has 39 heavy (non-hydrogen) atoms. The van der Waals surface area contributed by atoms with E-state index in [1.54, 1.807) is 31.4 Å². The monoisotopic (exact) mass is 550 g/mol. The maximum atomic E-state index is 13.1. The van der Waals surface area contributed by atoms with Gasteiger partial charge in [0, 0.05) is 41.8 Å². The highest BCUT2D eigenvalue weighted by molar-refractivity contribution is 7.13. The Hall–Kier alpha value is -3.50. The number of rotatable bonds is 10. The number of ether oxygens (including phenoxy) is 3. The summed E-state index contributed by atoms with van der Waals surface area (Å²) in [5.74, 6) is 0.904. The summed E-state index contributed by atoms with van der Waals surface area (Å²) < 4.78 is 17.1. The molecule has 3 aromatic rings. The van der Waals surface area contributed by atoms with Gasteiger partial charge in [-0.25, -0.2) is 14.8 Å². The average molecular weight is 551 g/mol. The van der Waals surface area contributed by atoms with Gasteiger partial charge in [0.15, 0.2) is 0 Å². The number of thiazole rings is 1. The van der Waals surface area contributed by atoms with Crippen molar-refractivity contribution in [2.45, 2.75) is 57.2 Å². The van der Waals surface area contributed by atoms with E-state index < -0.39 is 17.6 Å². The largest absolute Gasteiger partial charge is 0.497 e. The first kappa shape index (κ1) is 27.1. The molecule has 1 amide bonds. The SMILES string of the molecule is C=CC1C[C@]1(NC(=O)[C@@H]1C[C@@H](Oc2cc(-c3nc(C(C)C)cs3)nc3cc(OC)ccc23)CN1)C(=O)OCC. The van der Waals surface area contributed by atoms with E-state index in [4.69, 9.17) is 24.2 Å².